The highest BCUT2D eigenvalue weighted by molar-refractivity contribution is 6.13. The Morgan fingerprint density at radius 3 is 1.88 bits per heavy atom. The average Bonchev–Trinajstić information content (AvgIpc) is 3.85. The van der Waals surface area contributed by atoms with Gasteiger partial charge in [0.25, 0.3) is 0 Å². The Morgan fingerprint density at radius 2 is 1.12 bits per heavy atom. The van der Waals surface area contributed by atoms with Crippen molar-refractivity contribution in [1.29, 1.82) is 0 Å². The second kappa shape index (κ2) is 14.4. The predicted octanol–water partition coefficient (Wildman–Crippen LogP) is 15.0. The minimum atomic E-state index is -0.107. The van der Waals surface area contributed by atoms with Crippen LogP contribution < -0.4 is 0 Å². The first-order valence-corrected chi connectivity index (χ1v) is 20.9. The van der Waals surface area contributed by atoms with Crippen LogP contribution in [0.4, 0.5) is 0 Å². The maximum Gasteiger partial charge on any atom is 0.147 e. The largest absolute Gasteiger partial charge is 0.354 e. The molecule has 3 heterocycles. The molecule has 0 aliphatic rings. The van der Waals surface area contributed by atoms with Gasteiger partial charge in [-0.05, 0) is 98.8 Å². The van der Waals surface area contributed by atoms with Crippen molar-refractivity contribution in [2.75, 3.05) is 0 Å². The van der Waals surface area contributed by atoms with Crippen LogP contribution in [0.1, 0.15) is 52.7 Å². The van der Waals surface area contributed by atoms with Crippen molar-refractivity contribution in [2.45, 2.75) is 52.4 Å². The topological polar surface area (TPSA) is 46.5 Å². The van der Waals surface area contributed by atoms with E-state index in [2.05, 4.69) is 221 Å². The van der Waals surface area contributed by atoms with E-state index in [4.69, 9.17) is 9.97 Å². The molecule has 0 atom stereocenters. The fourth-order valence-electron chi connectivity index (χ4n) is 8.61. The Hall–Kier alpha value is -7.04. The van der Waals surface area contributed by atoms with Gasteiger partial charge >= 0.3 is 0 Å². The number of rotatable bonds is 6. The first-order chi connectivity index (χ1) is 29.0. The van der Waals surface area contributed by atoms with Gasteiger partial charge in [-0.15, -0.1) is 0 Å². The van der Waals surface area contributed by atoms with Gasteiger partial charge in [-0.1, -0.05) is 157 Å². The van der Waals surface area contributed by atoms with E-state index in [0.717, 1.165) is 78.2 Å². The van der Waals surface area contributed by atoms with E-state index >= 15 is 0 Å². The zero-order valence-corrected chi connectivity index (χ0v) is 35.1. The van der Waals surface area contributed by atoms with Crippen molar-refractivity contribution in [1.82, 2.24) is 19.5 Å². The molecule has 10 rings (SSSR count). The highest BCUT2D eigenvalue weighted by Crippen LogP contribution is 2.43. The molecule has 10 aromatic rings. The van der Waals surface area contributed by atoms with Crippen LogP contribution in [-0.2, 0) is 10.8 Å². The van der Waals surface area contributed by atoms with Crippen LogP contribution in [0.2, 0.25) is 0 Å². The van der Waals surface area contributed by atoms with E-state index in [1.807, 2.05) is 6.20 Å². The summed E-state index contributed by atoms with van der Waals surface area (Å²) in [6.07, 6.45) is 1.91. The number of hydrogen-bond acceptors (Lipinski definition) is 2. The molecular weight excluding hydrogens is 729 g/mol. The molecule has 0 saturated heterocycles. The maximum absolute atomic E-state index is 5.75. The number of imidazole rings is 1. The van der Waals surface area contributed by atoms with Gasteiger partial charge in [0.1, 0.15) is 5.82 Å². The van der Waals surface area contributed by atoms with Crippen LogP contribution in [0.5, 0.6) is 0 Å². The zero-order valence-electron chi connectivity index (χ0n) is 35.1. The van der Waals surface area contributed by atoms with Crippen molar-refractivity contribution in [3.8, 4) is 61.7 Å². The summed E-state index contributed by atoms with van der Waals surface area (Å²) in [6.45, 7) is 13.8. The van der Waals surface area contributed by atoms with Gasteiger partial charge in [0.2, 0.25) is 0 Å². The van der Waals surface area contributed by atoms with E-state index in [0.29, 0.717) is 0 Å². The number of H-pyrrole nitrogens is 1. The van der Waals surface area contributed by atoms with Gasteiger partial charge in [-0.25, -0.2) is 4.98 Å². The van der Waals surface area contributed by atoms with E-state index in [9.17, 15) is 0 Å². The molecule has 0 radical (unpaired) electrons. The normalized spacial score (nSPS) is 12.2. The molecular formula is C56H48N4. The van der Waals surface area contributed by atoms with E-state index in [1.165, 1.54) is 27.5 Å². The van der Waals surface area contributed by atoms with Crippen LogP contribution in [0.15, 0.2) is 176 Å². The van der Waals surface area contributed by atoms with Crippen molar-refractivity contribution < 1.29 is 0 Å². The van der Waals surface area contributed by atoms with E-state index in [1.54, 1.807) is 0 Å². The highest BCUT2D eigenvalue weighted by Gasteiger charge is 2.26. The Balaban J connectivity index is 1.25. The number of aromatic nitrogens is 4. The van der Waals surface area contributed by atoms with Crippen LogP contribution in [0.25, 0.3) is 94.6 Å². The molecule has 60 heavy (non-hydrogen) atoms. The average molecular weight is 777 g/mol. The van der Waals surface area contributed by atoms with Crippen LogP contribution >= 0.6 is 0 Å². The standard InChI is InChI=1S/C56H48N4/c1-55(2,3)41-27-28-48-45(33-41)46-34-42(56(4,5)6)35-47(52(46)58-48)54-59-53-44(24-16-26-51(53)60(54)50-25-14-13-23-43(50)37-19-11-8-12-20-37)39-21-15-22-40(31-39)49-32-38(29-30-57-49)36-17-9-7-10-18-36/h7-35,58H,1-6H3. The molecule has 0 aliphatic carbocycles. The third-order valence-electron chi connectivity index (χ3n) is 11.9. The smallest absolute Gasteiger partial charge is 0.147 e. The molecule has 0 unspecified atom stereocenters. The van der Waals surface area contributed by atoms with Crippen LogP contribution in [-0.4, -0.2) is 19.5 Å². The number of nitrogens with one attached hydrogen (secondary N) is 1. The Bertz CT molecular complexity index is 3210. The van der Waals surface area contributed by atoms with Gasteiger partial charge in [-0.3, -0.25) is 9.55 Å². The van der Waals surface area contributed by atoms with Gasteiger partial charge in [0.05, 0.1) is 27.9 Å². The van der Waals surface area contributed by atoms with Gasteiger partial charge in [-0.2, -0.15) is 0 Å². The zero-order chi connectivity index (χ0) is 41.2. The summed E-state index contributed by atoms with van der Waals surface area (Å²) in [4.78, 5) is 14.5. The van der Waals surface area contributed by atoms with Crippen molar-refractivity contribution in [3.05, 3.63) is 187 Å². The molecule has 1 N–H and O–H groups in total. The maximum atomic E-state index is 5.75. The summed E-state index contributed by atoms with van der Waals surface area (Å²) in [5, 5.41) is 2.45. The van der Waals surface area contributed by atoms with Gasteiger partial charge < -0.3 is 4.98 Å². The Kier molecular flexibility index (Phi) is 8.91. The molecule has 3 aromatic heterocycles. The molecule has 4 nitrogen and oxygen atoms in total. The Labute approximate surface area is 352 Å². The van der Waals surface area contributed by atoms with Crippen LogP contribution in [0.3, 0.4) is 0 Å². The number of para-hydroxylation sites is 2. The summed E-state index contributed by atoms with van der Waals surface area (Å²) in [5.41, 5.74) is 17.6. The lowest BCUT2D eigenvalue weighted by Gasteiger charge is -2.21. The molecule has 0 spiro atoms. The SMILES string of the molecule is CC(C)(C)c1ccc2[nH]c3c(-c4nc5c(-c6cccc(-c7cc(-c8ccccc8)ccn7)c6)cccc5n4-c4ccccc4-c4ccccc4)cc(C(C)(C)C)cc3c2c1. The predicted molar refractivity (Wildman–Crippen MR) is 253 cm³/mol. The number of benzene rings is 7. The van der Waals surface area contributed by atoms with Crippen molar-refractivity contribution >= 4 is 32.8 Å². The quantitative estimate of drug-likeness (QED) is 0.183. The highest BCUT2D eigenvalue weighted by atomic mass is 15.1. The first kappa shape index (κ1) is 37.2. The fourth-order valence-corrected chi connectivity index (χ4v) is 8.61. The minimum absolute atomic E-state index is 0.0197. The van der Waals surface area contributed by atoms with Crippen molar-refractivity contribution in [3.63, 3.8) is 0 Å². The number of fused-ring (bicyclic) bond motifs is 4. The third kappa shape index (κ3) is 6.59. The Morgan fingerprint density at radius 1 is 0.467 bits per heavy atom. The summed E-state index contributed by atoms with van der Waals surface area (Å²) < 4.78 is 2.39. The molecule has 7 aromatic carbocycles. The second-order valence-corrected chi connectivity index (χ2v) is 18.0. The first-order valence-electron chi connectivity index (χ1n) is 20.9. The summed E-state index contributed by atoms with van der Waals surface area (Å²) in [7, 11) is 0. The number of pyridine rings is 1. The summed E-state index contributed by atoms with van der Waals surface area (Å²) in [5.74, 6) is 0.896. The van der Waals surface area contributed by atoms with Crippen LogP contribution in [0, 0.1) is 0 Å². The van der Waals surface area contributed by atoms with E-state index in [-0.39, 0.29) is 10.8 Å². The fraction of sp³-hybridized carbons (Fsp3) is 0.143. The monoisotopic (exact) mass is 776 g/mol. The number of nitrogens with zero attached hydrogens (tertiary/aromatic N) is 3. The van der Waals surface area contributed by atoms with Gasteiger partial charge in [0, 0.05) is 44.7 Å². The third-order valence-corrected chi connectivity index (χ3v) is 11.9. The second-order valence-electron chi connectivity index (χ2n) is 18.0. The molecule has 4 heteroatoms. The summed E-state index contributed by atoms with van der Waals surface area (Å²) >= 11 is 0. The number of aromatic amines is 1. The molecule has 292 valence electrons. The molecule has 0 fully saturated rings. The summed E-state index contributed by atoms with van der Waals surface area (Å²) in [6, 6.07) is 61.2. The van der Waals surface area contributed by atoms with E-state index < -0.39 is 0 Å². The lowest BCUT2D eigenvalue weighted by Crippen LogP contribution is -2.11. The lowest BCUT2D eigenvalue weighted by atomic mass is 9.84. The molecule has 0 amide bonds. The number of hydrogen-bond donors (Lipinski definition) is 1. The van der Waals surface area contributed by atoms with Gasteiger partial charge in [0.15, 0.2) is 0 Å². The molecule has 0 aliphatic heterocycles. The molecule has 0 bridgehead atoms. The minimum Gasteiger partial charge on any atom is -0.354 e. The molecule has 0 saturated carbocycles. The lowest BCUT2D eigenvalue weighted by molar-refractivity contribution is 0.590. The van der Waals surface area contributed by atoms with Crippen molar-refractivity contribution in [2.24, 2.45) is 0 Å².